The van der Waals surface area contributed by atoms with Crippen LogP contribution in [-0.4, -0.2) is 60.6 Å². The third kappa shape index (κ3) is 7.77. The van der Waals surface area contributed by atoms with Crippen molar-refractivity contribution in [2.24, 2.45) is 5.92 Å². The molecule has 2 N–H and O–H groups in total. The molecule has 0 amide bonds. The minimum atomic E-state index is -1.07. The van der Waals surface area contributed by atoms with Gasteiger partial charge in [0.05, 0.1) is 20.6 Å². The first kappa shape index (κ1) is 26.1. The van der Waals surface area contributed by atoms with Gasteiger partial charge in [0, 0.05) is 12.8 Å². The second-order valence-electron chi connectivity index (χ2n) is 10.1. The fraction of sp³-hybridized carbons (Fsp3) is 0.519. The Morgan fingerprint density at radius 3 is 2.47 bits per heavy atom. The van der Waals surface area contributed by atoms with Gasteiger partial charge >= 0.3 is 5.97 Å². The largest absolute Gasteiger partial charge is 0.487 e. The van der Waals surface area contributed by atoms with Crippen molar-refractivity contribution in [1.82, 2.24) is 0 Å². The fourth-order valence-corrected chi connectivity index (χ4v) is 4.76. The molecule has 0 saturated carbocycles. The van der Waals surface area contributed by atoms with E-state index in [-0.39, 0.29) is 18.8 Å². The number of aliphatic hydroxyl groups is 1. The lowest BCUT2D eigenvalue weighted by atomic mass is 10.0. The van der Waals surface area contributed by atoms with Crippen molar-refractivity contribution in [3.8, 4) is 5.75 Å². The Labute approximate surface area is 200 Å². The summed E-state index contributed by atoms with van der Waals surface area (Å²) in [5, 5.41) is 19.2. The lowest BCUT2D eigenvalue weighted by Crippen LogP contribution is -2.48. The molecule has 0 heterocycles. The zero-order valence-electron chi connectivity index (χ0n) is 20.1. The summed E-state index contributed by atoms with van der Waals surface area (Å²) in [5.74, 6) is -2.57. The van der Waals surface area contributed by atoms with Crippen LogP contribution in [0.1, 0.15) is 42.4 Å². The SMILES string of the molecule is C[N+](C)(CCC1Cc2ccccc2C1)C[C@@H](O)COc1cc(CCCCC(=O)O)cc(F)c1F. The van der Waals surface area contributed by atoms with Gasteiger partial charge in [-0.1, -0.05) is 24.3 Å². The predicted octanol–water partition coefficient (Wildman–Crippen LogP) is 4.38. The lowest BCUT2D eigenvalue weighted by Gasteiger charge is -2.32. The van der Waals surface area contributed by atoms with Crippen molar-refractivity contribution in [1.29, 1.82) is 0 Å². The first-order chi connectivity index (χ1) is 16.1. The van der Waals surface area contributed by atoms with E-state index in [1.807, 2.05) is 0 Å². The zero-order valence-corrected chi connectivity index (χ0v) is 20.1. The Kier molecular flexibility index (Phi) is 9.03. The number of rotatable bonds is 13. The van der Waals surface area contributed by atoms with Crippen LogP contribution in [0, 0.1) is 17.6 Å². The van der Waals surface area contributed by atoms with Crippen molar-refractivity contribution >= 4 is 5.97 Å². The van der Waals surface area contributed by atoms with Crippen molar-refractivity contribution < 1.29 is 33.0 Å². The van der Waals surface area contributed by atoms with Crippen molar-refractivity contribution in [3.63, 3.8) is 0 Å². The number of unbranched alkanes of at least 4 members (excludes halogenated alkanes) is 1. The highest BCUT2D eigenvalue weighted by Gasteiger charge is 2.26. The summed E-state index contributed by atoms with van der Waals surface area (Å²) in [5.41, 5.74) is 3.41. The van der Waals surface area contributed by atoms with Gasteiger partial charge in [-0.25, -0.2) is 4.39 Å². The molecule has 3 rings (SSSR count). The highest BCUT2D eigenvalue weighted by atomic mass is 19.2. The molecule has 0 spiro atoms. The molecule has 1 aliphatic carbocycles. The highest BCUT2D eigenvalue weighted by molar-refractivity contribution is 5.66. The van der Waals surface area contributed by atoms with E-state index < -0.39 is 23.7 Å². The van der Waals surface area contributed by atoms with E-state index in [2.05, 4.69) is 38.4 Å². The Bertz CT molecular complexity index is 954. The minimum Gasteiger partial charge on any atom is -0.487 e. The molecule has 0 aliphatic heterocycles. The summed E-state index contributed by atoms with van der Waals surface area (Å²) >= 11 is 0. The molecule has 0 saturated heterocycles. The molecule has 0 unspecified atom stereocenters. The Morgan fingerprint density at radius 1 is 1.15 bits per heavy atom. The number of ether oxygens (including phenoxy) is 1. The number of hydrogen-bond acceptors (Lipinski definition) is 3. The van der Waals surface area contributed by atoms with Gasteiger partial charge < -0.3 is 19.4 Å². The smallest absolute Gasteiger partial charge is 0.303 e. The number of nitrogens with zero attached hydrogens (tertiary/aromatic N) is 1. The molecule has 0 bridgehead atoms. The maximum absolute atomic E-state index is 14.2. The van der Waals surface area contributed by atoms with Crippen LogP contribution in [0.25, 0.3) is 0 Å². The summed E-state index contributed by atoms with van der Waals surface area (Å²) in [6, 6.07) is 11.1. The normalized spacial score (nSPS) is 14.7. The van der Waals surface area contributed by atoms with E-state index >= 15 is 0 Å². The van der Waals surface area contributed by atoms with E-state index in [4.69, 9.17) is 9.84 Å². The number of aliphatic carboxylic acids is 1. The van der Waals surface area contributed by atoms with Gasteiger partial charge in [-0.3, -0.25) is 4.79 Å². The van der Waals surface area contributed by atoms with Crippen LogP contribution in [0.3, 0.4) is 0 Å². The molecule has 0 radical (unpaired) electrons. The summed E-state index contributed by atoms with van der Waals surface area (Å²) in [4.78, 5) is 10.6. The van der Waals surface area contributed by atoms with E-state index in [0.29, 0.717) is 41.8 Å². The number of carboxylic acid groups (broad SMARTS) is 1. The molecule has 7 heteroatoms. The van der Waals surface area contributed by atoms with Crippen molar-refractivity contribution in [2.75, 3.05) is 33.8 Å². The Balaban J connectivity index is 1.46. The molecule has 1 atom stereocenters. The van der Waals surface area contributed by atoms with E-state index in [1.54, 1.807) is 0 Å². The van der Waals surface area contributed by atoms with Crippen molar-refractivity contribution in [3.05, 3.63) is 64.7 Å². The van der Waals surface area contributed by atoms with Crippen LogP contribution >= 0.6 is 0 Å². The second-order valence-corrected chi connectivity index (χ2v) is 10.1. The topological polar surface area (TPSA) is 66.8 Å². The maximum Gasteiger partial charge on any atom is 0.303 e. The molecule has 186 valence electrons. The third-order valence-electron chi connectivity index (χ3n) is 6.58. The maximum atomic E-state index is 14.2. The van der Waals surface area contributed by atoms with Gasteiger partial charge in [0.25, 0.3) is 0 Å². The van der Waals surface area contributed by atoms with Crippen LogP contribution in [-0.2, 0) is 24.1 Å². The number of aryl methyl sites for hydroxylation is 1. The first-order valence-corrected chi connectivity index (χ1v) is 12.0. The molecule has 2 aromatic carbocycles. The molecule has 0 aromatic heterocycles. The summed E-state index contributed by atoms with van der Waals surface area (Å²) in [6.45, 7) is 1.22. The van der Waals surface area contributed by atoms with Crippen LogP contribution in [0.4, 0.5) is 8.78 Å². The molecule has 2 aromatic rings. The number of carbonyl (C=O) groups is 1. The predicted molar refractivity (Wildman–Crippen MR) is 127 cm³/mol. The molecule has 5 nitrogen and oxygen atoms in total. The first-order valence-electron chi connectivity index (χ1n) is 12.0. The summed E-state index contributed by atoms with van der Waals surface area (Å²) < 4.78 is 34.3. The molecule has 0 fully saturated rings. The molecular formula is C27H36F2NO4+. The van der Waals surface area contributed by atoms with Gasteiger partial charge in [-0.15, -0.1) is 0 Å². The second kappa shape index (κ2) is 11.8. The number of hydrogen-bond donors (Lipinski definition) is 2. The third-order valence-corrected chi connectivity index (χ3v) is 6.58. The Hall–Kier alpha value is -2.51. The molecule has 34 heavy (non-hydrogen) atoms. The quantitative estimate of drug-likeness (QED) is 0.333. The van der Waals surface area contributed by atoms with Gasteiger partial charge in [0.1, 0.15) is 19.3 Å². The van der Waals surface area contributed by atoms with E-state index in [9.17, 15) is 18.7 Å². The summed E-state index contributed by atoms with van der Waals surface area (Å²) in [7, 11) is 4.12. The van der Waals surface area contributed by atoms with Crippen LogP contribution in [0.15, 0.2) is 36.4 Å². The number of likely N-dealkylation sites (N-methyl/N-ethyl adjacent to an activating group) is 1. The fourth-order valence-electron chi connectivity index (χ4n) is 4.76. The number of quaternary nitrogens is 1. The number of halogens is 2. The van der Waals surface area contributed by atoms with Gasteiger partial charge in [0.15, 0.2) is 11.6 Å². The number of aliphatic hydroxyl groups excluding tert-OH is 1. The van der Waals surface area contributed by atoms with Crippen molar-refractivity contribution in [2.45, 2.75) is 51.0 Å². The average Bonchev–Trinajstić information content (AvgIpc) is 3.19. The van der Waals surface area contributed by atoms with E-state index in [1.165, 1.54) is 17.2 Å². The highest BCUT2D eigenvalue weighted by Crippen LogP contribution is 2.29. The lowest BCUT2D eigenvalue weighted by molar-refractivity contribution is -0.894. The monoisotopic (exact) mass is 476 g/mol. The average molecular weight is 477 g/mol. The molecular weight excluding hydrogens is 440 g/mol. The number of carboxylic acids is 1. The minimum absolute atomic E-state index is 0.0426. The number of benzene rings is 2. The van der Waals surface area contributed by atoms with Crippen LogP contribution in [0.5, 0.6) is 5.75 Å². The van der Waals surface area contributed by atoms with Crippen LogP contribution < -0.4 is 4.74 Å². The standard InChI is InChI=1S/C27H35F2NO4/c1-30(2,12-11-20-13-21-8-4-5-9-22(21)14-20)17-23(31)18-34-25-16-19(15-24(28)27(25)29)7-3-6-10-26(32)33/h4-5,8-9,15-16,20,23,31H,3,6-7,10-14,17-18H2,1-2H3/p+1/t23-/m1/s1. The summed E-state index contributed by atoms with van der Waals surface area (Å²) in [6.07, 6.45) is 3.91. The molecule has 1 aliphatic rings. The van der Waals surface area contributed by atoms with E-state index in [0.717, 1.165) is 31.9 Å². The van der Waals surface area contributed by atoms with Crippen LogP contribution in [0.2, 0.25) is 0 Å². The van der Waals surface area contributed by atoms with Gasteiger partial charge in [-0.2, -0.15) is 4.39 Å². The van der Waals surface area contributed by atoms with Gasteiger partial charge in [-0.05, 0) is 66.8 Å². The Morgan fingerprint density at radius 2 is 1.82 bits per heavy atom. The van der Waals surface area contributed by atoms with Gasteiger partial charge in [0.2, 0.25) is 5.82 Å². The zero-order chi connectivity index (χ0) is 24.7. The number of fused-ring (bicyclic) bond motifs is 1.